The molecule has 2 amide bonds. The zero-order chi connectivity index (χ0) is 19.7. The number of nitrogens with one attached hydrogen (secondary N) is 2. The number of nitrogens with zero attached hydrogens (tertiary/aromatic N) is 2. The molecule has 1 saturated carbocycles. The summed E-state index contributed by atoms with van der Waals surface area (Å²) in [6.07, 6.45) is 5.15. The summed E-state index contributed by atoms with van der Waals surface area (Å²) in [7, 11) is 0. The van der Waals surface area contributed by atoms with Crippen molar-refractivity contribution in [2.45, 2.75) is 19.9 Å². The van der Waals surface area contributed by atoms with E-state index >= 15 is 0 Å². The number of rotatable bonds is 6. The molecular weight excluding hydrogens is 359 g/mol. The fourth-order valence-electron chi connectivity index (χ4n) is 4.57. The number of allylic oxidation sites excluding steroid dienone is 2. The van der Waals surface area contributed by atoms with E-state index in [-0.39, 0.29) is 41.3 Å². The Bertz CT molecular complexity index is 790. The second-order valence-corrected chi connectivity index (χ2v) is 7.58. The topological polar surface area (TPSA) is 73.8 Å². The minimum absolute atomic E-state index is 0.0260. The smallest absolute Gasteiger partial charge is 0.233 e. The van der Waals surface area contributed by atoms with Gasteiger partial charge in [0.2, 0.25) is 11.8 Å². The van der Waals surface area contributed by atoms with E-state index in [1.165, 1.54) is 17.0 Å². The minimum atomic E-state index is -0.272. The molecule has 1 heterocycles. The molecule has 4 rings (SSSR count). The number of amides is 2. The average molecular weight is 384 g/mol. The van der Waals surface area contributed by atoms with Crippen LogP contribution in [0.4, 0.5) is 4.39 Å². The SMILES string of the molecule is CCNC(=NCc1ccc(F)cc1)NCCN1C(=O)C2C3C=CC(C3)C2C1=O. The lowest BCUT2D eigenvalue weighted by atomic mass is 9.85. The molecule has 0 aromatic heterocycles. The number of likely N-dealkylation sites (tertiary alicyclic amines) is 1. The third kappa shape index (κ3) is 3.41. The van der Waals surface area contributed by atoms with Gasteiger partial charge in [-0.25, -0.2) is 9.38 Å². The van der Waals surface area contributed by atoms with Crippen molar-refractivity contribution in [1.29, 1.82) is 0 Å². The van der Waals surface area contributed by atoms with Crippen molar-refractivity contribution in [3.8, 4) is 0 Å². The molecule has 148 valence electrons. The maximum Gasteiger partial charge on any atom is 0.233 e. The molecule has 0 spiro atoms. The van der Waals surface area contributed by atoms with Crippen molar-refractivity contribution < 1.29 is 14.0 Å². The second-order valence-electron chi connectivity index (χ2n) is 7.58. The van der Waals surface area contributed by atoms with Crippen LogP contribution in [0.25, 0.3) is 0 Å². The van der Waals surface area contributed by atoms with E-state index < -0.39 is 0 Å². The van der Waals surface area contributed by atoms with Crippen molar-refractivity contribution >= 4 is 17.8 Å². The van der Waals surface area contributed by atoms with Crippen molar-refractivity contribution in [1.82, 2.24) is 15.5 Å². The number of fused-ring (bicyclic) bond motifs is 5. The van der Waals surface area contributed by atoms with E-state index in [1.807, 2.05) is 6.92 Å². The number of imide groups is 1. The van der Waals surface area contributed by atoms with Gasteiger partial charge in [0.25, 0.3) is 0 Å². The van der Waals surface area contributed by atoms with Crippen LogP contribution in [-0.4, -0.2) is 42.3 Å². The number of hydrogen-bond acceptors (Lipinski definition) is 3. The summed E-state index contributed by atoms with van der Waals surface area (Å²) in [5.74, 6) is 0.450. The maximum absolute atomic E-state index is 13.0. The Morgan fingerprint density at radius 3 is 2.36 bits per heavy atom. The molecule has 0 radical (unpaired) electrons. The molecule has 1 aromatic carbocycles. The van der Waals surface area contributed by atoms with E-state index in [0.717, 1.165) is 12.0 Å². The summed E-state index contributed by atoms with van der Waals surface area (Å²) in [5, 5.41) is 6.32. The van der Waals surface area contributed by atoms with E-state index in [0.29, 0.717) is 32.1 Å². The molecule has 1 aromatic rings. The van der Waals surface area contributed by atoms with Crippen molar-refractivity contribution in [2.24, 2.45) is 28.7 Å². The summed E-state index contributed by atoms with van der Waals surface area (Å²) >= 11 is 0. The van der Waals surface area contributed by atoms with Gasteiger partial charge < -0.3 is 10.6 Å². The summed E-state index contributed by atoms with van der Waals surface area (Å²) in [5.41, 5.74) is 0.902. The summed E-state index contributed by atoms with van der Waals surface area (Å²) in [6.45, 7) is 3.85. The van der Waals surface area contributed by atoms with Gasteiger partial charge in [-0.2, -0.15) is 0 Å². The monoisotopic (exact) mass is 384 g/mol. The number of aliphatic imine (C=N–C) groups is 1. The molecule has 28 heavy (non-hydrogen) atoms. The average Bonchev–Trinajstić information content (AvgIpc) is 3.37. The van der Waals surface area contributed by atoms with Gasteiger partial charge in [-0.3, -0.25) is 14.5 Å². The highest BCUT2D eigenvalue weighted by atomic mass is 19.1. The fourth-order valence-corrected chi connectivity index (χ4v) is 4.57. The Labute approximate surface area is 163 Å². The number of guanidine groups is 1. The Hall–Kier alpha value is -2.70. The molecule has 3 aliphatic rings. The van der Waals surface area contributed by atoms with Crippen LogP contribution < -0.4 is 10.6 Å². The highest BCUT2D eigenvalue weighted by Gasteiger charge is 2.58. The van der Waals surface area contributed by atoms with Crippen LogP contribution in [0.2, 0.25) is 0 Å². The number of carbonyl (C=O) groups excluding carboxylic acids is 2. The molecule has 4 atom stereocenters. The van der Waals surface area contributed by atoms with Crippen LogP contribution in [-0.2, 0) is 16.1 Å². The fraction of sp³-hybridized carbons (Fsp3) is 0.476. The molecular formula is C21H25FN4O2. The third-order valence-corrected chi connectivity index (χ3v) is 5.87. The maximum atomic E-state index is 13.0. The Morgan fingerprint density at radius 1 is 1.11 bits per heavy atom. The highest BCUT2D eigenvalue weighted by Crippen LogP contribution is 2.52. The highest BCUT2D eigenvalue weighted by molar-refractivity contribution is 6.06. The third-order valence-electron chi connectivity index (χ3n) is 5.87. The van der Waals surface area contributed by atoms with E-state index in [2.05, 4.69) is 27.8 Å². The number of benzene rings is 1. The standard InChI is InChI=1S/C21H25FN4O2/c1-2-23-21(25-12-13-3-7-16(22)8-4-13)24-9-10-26-19(27)17-14-5-6-15(11-14)18(17)20(26)28/h3-8,14-15,17-18H,2,9-12H2,1H3,(H2,23,24,25). The van der Waals surface area contributed by atoms with Crippen LogP contribution in [0.1, 0.15) is 18.9 Å². The van der Waals surface area contributed by atoms with Crippen molar-refractivity contribution in [3.05, 3.63) is 47.8 Å². The van der Waals surface area contributed by atoms with Gasteiger partial charge in [-0.1, -0.05) is 24.3 Å². The molecule has 6 nitrogen and oxygen atoms in total. The largest absolute Gasteiger partial charge is 0.357 e. The second kappa shape index (κ2) is 7.73. The van der Waals surface area contributed by atoms with Gasteiger partial charge in [-0.15, -0.1) is 0 Å². The molecule has 7 heteroatoms. The van der Waals surface area contributed by atoms with Crippen molar-refractivity contribution in [3.63, 3.8) is 0 Å². The molecule has 4 unspecified atom stereocenters. The molecule has 2 bridgehead atoms. The summed E-state index contributed by atoms with van der Waals surface area (Å²) in [6, 6.07) is 6.22. The van der Waals surface area contributed by atoms with Crippen LogP contribution in [0.15, 0.2) is 41.4 Å². The zero-order valence-electron chi connectivity index (χ0n) is 15.9. The number of hydrogen-bond donors (Lipinski definition) is 2. The first-order valence-corrected chi connectivity index (χ1v) is 9.88. The van der Waals surface area contributed by atoms with E-state index in [9.17, 15) is 14.0 Å². The quantitative estimate of drug-likeness (QED) is 0.339. The van der Waals surface area contributed by atoms with Crippen LogP contribution in [0.3, 0.4) is 0 Å². The lowest BCUT2D eigenvalue weighted by Gasteiger charge is -2.18. The Morgan fingerprint density at radius 2 is 1.75 bits per heavy atom. The number of halogens is 1. The van der Waals surface area contributed by atoms with Crippen molar-refractivity contribution in [2.75, 3.05) is 19.6 Å². The molecule has 1 saturated heterocycles. The van der Waals surface area contributed by atoms with Gasteiger partial charge in [0.15, 0.2) is 5.96 Å². The predicted molar refractivity (Wildman–Crippen MR) is 104 cm³/mol. The minimum Gasteiger partial charge on any atom is -0.357 e. The number of carbonyl (C=O) groups is 2. The van der Waals surface area contributed by atoms with Crippen LogP contribution in [0.5, 0.6) is 0 Å². The summed E-state index contributed by atoms with van der Waals surface area (Å²) < 4.78 is 13.0. The van der Waals surface area contributed by atoms with Crippen LogP contribution >= 0.6 is 0 Å². The van der Waals surface area contributed by atoms with Gasteiger partial charge in [-0.05, 0) is 42.9 Å². The first kappa shape index (κ1) is 18.7. The predicted octanol–water partition coefficient (Wildman–Crippen LogP) is 1.69. The first-order valence-electron chi connectivity index (χ1n) is 9.88. The summed E-state index contributed by atoms with van der Waals surface area (Å²) in [4.78, 5) is 31.3. The Kier molecular flexibility index (Phi) is 5.15. The van der Waals surface area contributed by atoms with Crippen LogP contribution in [0, 0.1) is 29.5 Å². The van der Waals surface area contributed by atoms with E-state index in [1.54, 1.807) is 12.1 Å². The van der Waals surface area contributed by atoms with Gasteiger partial charge >= 0.3 is 0 Å². The molecule has 2 N–H and O–H groups in total. The molecule has 2 aliphatic carbocycles. The molecule has 1 aliphatic heterocycles. The lowest BCUT2D eigenvalue weighted by molar-refractivity contribution is -0.140. The van der Waals surface area contributed by atoms with Gasteiger partial charge in [0.1, 0.15) is 5.82 Å². The van der Waals surface area contributed by atoms with E-state index in [4.69, 9.17) is 0 Å². The normalized spacial score (nSPS) is 28.2. The lowest BCUT2D eigenvalue weighted by Crippen LogP contribution is -2.43. The van der Waals surface area contributed by atoms with Gasteiger partial charge in [0, 0.05) is 19.6 Å². The first-order chi connectivity index (χ1) is 13.6. The zero-order valence-corrected chi connectivity index (χ0v) is 15.9. The molecule has 2 fully saturated rings. The van der Waals surface area contributed by atoms with Gasteiger partial charge in [0.05, 0.1) is 18.4 Å². The Balaban J connectivity index is 1.32.